The fourth-order valence-corrected chi connectivity index (χ4v) is 2.90. The van der Waals surface area contributed by atoms with Gasteiger partial charge in [0, 0.05) is 25.6 Å². The molecule has 1 heterocycles. The number of hydrogen-bond acceptors (Lipinski definition) is 2. The molecule has 132 valence electrons. The van der Waals surface area contributed by atoms with Crippen LogP contribution in [-0.2, 0) is 6.42 Å². The Balaban J connectivity index is 1.58. The molecule has 1 unspecified atom stereocenters. The van der Waals surface area contributed by atoms with E-state index in [4.69, 9.17) is 4.74 Å². The Morgan fingerprint density at radius 2 is 2.08 bits per heavy atom. The summed E-state index contributed by atoms with van der Waals surface area (Å²) in [5.41, 5.74) is 1.44. The van der Waals surface area contributed by atoms with E-state index in [9.17, 15) is 8.78 Å². The molecule has 0 amide bonds. The van der Waals surface area contributed by atoms with E-state index in [1.165, 1.54) is 6.07 Å². The van der Waals surface area contributed by atoms with E-state index in [1.54, 1.807) is 7.05 Å². The Hall–Kier alpha value is -2.63. The fraction of sp³-hybridized carbons (Fsp3) is 0.316. The third-order valence-electron chi connectivity index (χ3n) is 4.19. The third-order valence-corrected chi connectivity index (χ3v) is 4.19. The van der Waals surface area contributed by atoms with Gasteiger partial charge in [-0.25, -0.2) is 8.78 Å². The lowest BCUT2D eigenvalue weighted by molar-refractivity contribution is 0.261. The highest BCUT2D eigenvalue weighted by Crippen LogP contribution is 2.31. The lowest BCUT2D eigenvalue weighted by atomic mass is 10.0. The van der Waals surface area contributed by atoms with Gasteiger partial charge in [-0.2, -0.15) is 0 Å². The van der Waals surface area contributed by atoms with Gasteiger partial charge in [0.05, 0.1) is 12.6 Å². The monoisotopic (exact) mass is 345 g/mol. The standard InChI is InChI=1S/C19H21F2N3O/c1-22-19(23-10-8-13-12-14(20)6-7-16(13)21)24-17-9-11-25-18-5-3-2-4-15(17)18/h2-7,12,17H,8-11H2,1H3,(H2,22,23,24). The van der Waals surface area contributed by atoms with Crippen LogP contribution in [0, 0.1) is 11.6 Å². The number of rotatable bonds is 4. The second-order valence-corrected chi connectivity index (χ2v) is 5.86. The van der Waals surface area contributed by atoms with E-state index < -0.39 is 11.6 Å². The van der Waals surface area contributed by atoms with Crippen LogP contribution in [0.1, 0.15) is 23.6 Å². The van der Waals surface area contributed by atoms with Crippen molar-refractivity contribution in [3.05, 3.63) is 65.2 Å². The summed E-state index contributed by atoms with van der Waals surface area (Å²) in [6.45, 7) is 1.09. The van der Waals surface area contributed by atoms with Gasteiger partial charge in [-0.15, -0.1) is 0 Å². The topological polar surface area (TPSA) is 45.7 Å². The Kier molecular flexibility index (Phi) is 5.48. The zero-order valence-corrected chi connectivity index (χ0v) is 14.1. The maximum Gasteiger partial charge on any atom is 0.191 e. The molecule has 1 atom stereocenters. The highest BCUT2D eigenvalue weighted by atomic mass is 19.1. The van der Waals surface area contributed by atoms with E-state index in [0.29, 0.717) is 31.1 Å². The molecule has 2 N–H and O–H groups in total. The summed E-state index contributed by atoms with van der Waals surface area (Å²) >= 11 is 0. The van der Waals surface area contributed by atoms with Gasteiger partial charge in [-0.3, -0.25) is 4.99 Å². The number of benzene rings is 2. The molecule has 0 bridgehead atoms. The summed E-state index contributed by atoms with van der Waals surface area (Å²) < 4.78 is 32.5. The minimum atomic E-state index is -0.433. The maximum atomic E-state index is 13.7. The molecule has 1 aliphatic heterocycles. The van der Waals surface area contributed by atoms with Crippen LogP contribution in [-0.4, -0.2) is 26.2 Å². The average molecular weight is 345 g/mol. The Bertz CT molecular complexity index is 764. The van der Waals surface area contributed by atoms with E-state index in [-0.39, 0.29) is 6.04 Å². The lowest BCUT2D eigenvalue weighted by Crippen LogP contribution is -2.41. The van der Waals surface area contributed by atoms with Gasteiger partial charge in [0.25, 0.3) is 0 Å². The number of guanidine groups is 1. The number of nitrogens with one attached hydrogen (secondary N) is 2. The SMILES string of the molecule is CN=C(NCCc1cc(F)ccc1F)NC1CCOc2ccccc21. The fourth-order valence-electron chi connectivity index (χ4n) is 2.90. The van der Waals surface area contributed by atoms with Crippen LogP contribution in [0.25, 0.3) is 0 Å². The predicted molar refractivity (Wildman–Crippen MR) is 93.9 cm³/mol. The van der Waals surface area contributed by atoms with E-state index in [0.717, 1.165) is 29.9 Å². The number of nitrogens with zero attached hydrogens (tertiary/aromatic N) is 1. The van der Waals surface area contributed by atoms with Gasteiger partial charge < -0.3 is 15.4 Å². The van der Waals surface area contributed by atoms with E-state index in [1.807, 2.05) is 24.3 Å². The van der Waals surface area contributed by atoms with Crippen LogP contribution in [0.15, 0.2) is 47.5 Å². The first-order chi connectivity index (χ1) is 12.2. The summed E-state index contributed by atoms with van der Waals surface area (Å²) in [4.78, 5) is 4.21. The second kappa shape index (κ2) is 7.96. The molecular formula is C19H21F2N3O. The van der Waals surface area contributed by atoms with Gasteiger partial charge in [0.15, 0.2) is 5.96 Å². The minimum absolute atomic E-state index is 0.0991. The quantitative estimate of drug-likeness (QED) is 0.661. The normalized spacial score (nSPS) is 16.8. The second-order valence-electron chi connectivity index (χ2n) is 5.86. The van der Waals surface area contributed by atoms with Gasteiger partial charge in [0.2, 0.25) is 0 Å². The molecule has 3 rings (SSSR count). The van der Waals surface area contributed by atoms with Crippen molar-refractivity contribution in [1.29, 1.82) is 0 Å². The maximum absolute atomic E-state index is 13.7. The van der Waals surface area contributed by atoms with Crippen LogP contribution in [0.3, 0.4) is 0 Å². The molecule has 6 heteroatoms. The smallest absolute Gasteiger partial charge is 0.191 e. The van der Waals surface area contributed by atoms with Crippen LogP contribution >= 0.6 is 0 Å². The first-order valence-electron chi connectivity index (χ1n) is 8.30. The first-order valence-corrected chi connectivity index (χ1v) is 8.30. The summed E-state index contributed by atoms with van der Waals surface area (Å²) in [5, 5.41) is 6.52. The van der Waals surface area contributed by atoms with Crippen molar-refractivity contribution in [3.8, 4) is 5.75 Å². The van der Waals surface area contributed by atoms with Crippen molar-refractivity contribution in [2.75, 3.05) is 20.2 Å². The number of fused-ring (bicyclic) bond motifs is 1. The summed E-state index contributed by atoms with van der Waals surface area (Å²) in [5.74, 6) is 0.671. The molecule has 4 nitrogen and oxygen atoms in total. The number of para-hydroxylation sites is 1. The molecule has 0 saturated carbocycles. The number of aliphatic imine (C=N–C) groups is 1. The van der Waals surface area contributed by atoms with Crippen LogP contribution in [0.5, 0.6) is 5.75 Å². The molecular weight excluding hydrogens is 324 g/mol. The van der Waals surface area contributed by atoms with Crippen molar-refractivity contribution >= 4 is 5.96 Å². The molecule has 0 aliphatic carbocycles. The Morgan fingerprint density at radius 1 is 1.24 bits per heavy atom. The molecule has 0 aromatic heterocycles. The van der Waals surface area contributed by atoms with Crippen LogP contribution in [0.4, 0.5) is 8.78 Å². The molecule has 1 aliphatic rings. The Labute approximate surface area is 145 Å². The molecule has 2 aromatic rings. The number of hydrogen-bond donors (Lipinski definition) is 2. The summed E-state index contributed by atoms with van der Waals surface area (Å²) in [6.07, 6.45) is 1.20. The van der Waals surface area contributed by atoms with Gasteiger partial charge in [-0.05, 0) is 36.2 Å². The van der Waals surface area contributed by atoms with Crippen molar-refractivity contribution < 1.29 is 13.5 Å². The van der Waals surface area contributed by atoms with Crippen LogP contribution in [0.2, 0.25) is 0 Å². The highest BCUT2D eigenvalue weighted by Gasteiger charge is 2.21. The van der Waals surface area contributed by atoms with Gasteiger partial charge in [0.1, 0.15) is 17.4 Å². The molecule has 0 saturated heterocycles. The van der Waals surface area contributed by atoms with Crippen LogP contribution < -0.4 is 15.4 Å². The first kappa shape index (κ1) is 17.2. The summed E-state index contributed by atoms with van der Waals surface area (Å²) in [6, 6.07) is 11.5. The van der Waals surface area contributed by atoms with E-state index >= 15 is 0 Å². The molecule has 25 heavy (non-hydrogen) atoms. The number of halogens is 2. The largest absolute Gasteiger partial charge is 0.493 e. The van der Waals surface area contributed by atoms with Crippen molar-refractivity contribution in [3.63, 3.8) is 0 Å². The van der Waals surface area contributed by atoms with E-state index in [2.05, 4.69) is 15.6 Å². The zero-order chi connectivity index (χ0) is 17.6. The zero-order valence-electron chi connectivity index (χ0n) is 14.1. The van der Waals surface area contributed by atoms with Gasteiger partial charge >= 0.3 is 0 Å². The predicted octanol–water partition coefficient (Wildman–Crippen LogP) is 3.20. The molecule has 0 fully saturated rings. The van der Waals surface area contributed by atoms with Crippen molar-refractivity contribution in [1.82, 2.24) is 10.6 Å². The number of ether oxygens (including phenoxy) is 1. The average Bonchev–Trinajstić information content (AvgIpc) is 2.64. The van der Waals surface area contributed by atoms with Gasteiger partial charge in [-0.1, -0.05) is 18.2 Å². The Morgan fingerprint density at radius 3 is 2.92 bits per heavy atom. The molecule has 2 aromatic carbocycles. The molecule has 0 radical (unpaired) electrons. The lowest BCUT2D eigenvalue weighted by Gasteiger charge is -2.28. The third kappa shape index (κ3) is 4.26. The van der Waals surface area contributed by atoms with Crippen molar-refractivity contribution in [2.24, 2.45) is 4.99 Å². The summed E-state index contributed by atoms with van der Waals surface area (Å²) in [7, 11) is 1.68. The highest BCUT2D eigenvalue weighted by molar-refractivity contribution is 5.80. The molecule has 0 spiro atoms. The minimum Gasteiger partial charge on any atom is -0.493 e. The van der Waals surface area contributed by atoms with Crippen molar-refractivity contribution in [2.45, 2.75) is 18.9 Å².